The lowest BCUT2D eigenvalue weighted by molar-refractivity contribution is -0.140. The Kier molecular flexibility index (Phi) is 5.00. The van der Waals surface area contributed by atoms with E-state index in [4.69, 9.17) is 0 Å². The molecule has 0 saturated heterocycles. The Bertz CT molecular complexity index is 368. The maximum absolute atomic E-state index is 12.9. The molecule has 0 spiro atoms. The van der Waals surface area contributed by atoms with Crippen LogP contribution in [0.4, 0.5) is 17.6 Å². The number of aromatic nitrogens is 4. The van der Waals surface area contributed by atoms with Crippen molar-refractivity contribution in [3.63, 3.8) is 0 Å². The number of nitrogens with zero attached hydrogens (tertiary/aromatic N) is 4. The van der Waals surface area contributed by atoms with E-state index in [0.29, 0.717) is 11.2 Å². The van der Waals surface area contributed by atoms with Crippen LogP contribution in [0.2, 0.25) is 0 Å². The number of rotatable bonds is 7. The fourth-order valence-electron chi connectivity index (χ4n) is 1.36. The van der Waals surface area contributed by atoms with Crippen LogP contribution in [-0.2, 0) is 6.54 Å². The Labute approximate surface area is 102 Å². The second-order valence-electron chi connectivity index (χ2n) is 3.93. The van der Waals surface area contributed by atoms with Gasteiger partial charge in [-0.05, 0) is 30.3 Å². The van der Waals surface area contributed by atoms with E-state index in [-0.39, 0.29) is 11.9 Å². The van der Waals surface area contributed by atoms with Gasteiger partial charge in [-0.3, -0.25) is 0 Å². The first-order chi connectivity index (χ1) is 8.38. The Hall–Kier alpha value is -1.25. The van der Waals surface area contributed by atoms with Crippen molar-refractivity contribution in [1.29, 1.82) is 0 Å². The van der Waals surface area contributed by atoms with Gasteiger partial charge < -0.3 is 5.32 Å². The molecule has 18 heavy (non-hydrogen) atoms. The van der Waals surface area contributed by atoms with E-state index in [1.54, 1.807) is 6.92 Å². The van der Waals surface area contributed by atoms with Crippen molar-refractivity contribution in [2.75, 3.05) is 6.54 Å². The van der Waals surface area contributed by atoms with Crippen molar-refractivity contribution in [3.8, 4) is 0 Å². The summed E-state index contributed by atoms with van der Waals surface area (Å²) in [5.41, 5.74) is 0. The molecule has 1 heterocycles. The van der Waals surface area contributed by atoms with Crippen molar-refractivity contribution in [3.05, 3.63) is 5.82 Å². The van der Waals surface area contributed by atoms with Gasteiger partial charge in [0.15, 0.2) is 5.82 Å². The normalized spacial score (nSPS) is 14.2. The highest BCUT2D eigenvalue weighted by molar-refractivity contribution is 4.91. The Morgan fingerprint density at radius 3 is 2.61 bits per heavy atom. The third-order valence-electron chi connectivity index (χ3n) is 2.33. The van der Waals surface area contributed by atoms with Gasteiger partial charge in [-0.1, -0.05) is 6.92 Å². The molecule has 5 nitrogen and oxygen atoms in total. The van der Waals surface area contributed by atoms with Crippen molar-refractivity contribution in [2.24, 2.45) is 0 Å². The Morgan fingerprint density at radius 1 is 1.39 bits per heavy atom. The zero-order valence-electron chi connectivity index (χ0n) is 10.1. The largest absolute Gasteiger partial charge is 0.326 e. The second kappa shape index (κ2) is 6.07. The maximum Gasteiger partial charge on any atom is 0.326 e. The molecule has 0 aliphatic carbocycles. The Balaban J connectivity index is 2.76. The van der Waals surface area contributed by atoms with Crippen LogP contribution in [0.15, 0.2) is 0 Å². The molecule has 0 aliphatic rings. The number of halogens is 4. The molecule has 0 fully saturated rings. The lowest BCUT2D eigenvalue weighted by atomic mass is 10.3. The standard InChI is InChI=1S/C9H15F4N5/c1-3-4-14-6(2)7-15-16-17-18(7)5-9(12,13)8(10)11/h6,8,14H,3-5H2,1-2H3. The molecule has 1 atom stereocenters. The second-order valence-corrected chi connectivity index (χ2v) is 3.93. The Morgan fingerprint density at radius 2 is 2.06 bits per heavy atom. The molecular formula is C9H15F4N5. The SMILES string of the molecule is CCCNC(C)c1nnnn1CC(F)(F)C(F)F. The van der Waals surface area contributed by atoms with Crippen LogP contribution in [0.1, 0.15) is 32.1 Å². The minimum absolute atomic E-state index is 0.115. The van der Waals surface area contributed by atoms with Crippen LogP contribution in [-0.4, -0.2) is 39.1 Å². The highest BCUT2D eigenvalue weighted by atomic mass is 19.3. The summed E-state index contributed by atoms with van der Waals surface area (Å²) in [6.45, 7) is 3.04. The highest BCUT2D eigenvalue weighted by Gasteiger charge is 2.42. The summed E-state index contributed by atoms with van der Waals surface area (Å²) in [7, 11) is 0. The van der Waals surface area contributed by atoms with Gasteiger partial charge >= 0.3 is 12.3 Å². The van der Waals surface area contributed by atoms with E-state index in [2.05, 4.69) is 20.8 Å². The minimum atomic E-state index is -4.14. The number of nitrogens with one attached hydrogen (secondary N) is 1. The molecule has 0 bridgehead atoms. The smallest absolute Gasteiger partial charge is 0.307 e. The minimum Gasteiger partial charge on any atom is -0.307 e. The molecule has 1 rings (SSSR count). The van der Waals surface area contributed by atoms with Crippen LogP contribution in [0.5, 0.6) is 0 Å². The van der Waals surface area contributed by atoms with Gasteiger partial charge in [-0.15, -0.1) is 5.10 Å². The summed E-state index contributed by atoms with van der Waals surface area (Å²) in [6.07, 6.45) is -2.90. The van der Waals surface area contributed by atoms with Crippen LogP contribution < -0.4 is 5.32 Å². The summed E-state index contributed by atoms with van der Waals surface area (Å²) in [6, 6.07) is -0.381. The lowest BCUT2D eigenvalue weighted by Crippen LogP contribution is -2.34. The van der Waals surface area contributed by atoms with Gasteiger partial charge in [0.1, 0.15) is 6.54 Å². The van der Waals surface area contributed by atoms with Gasteiger partial charge in [-0.25, -0.2) is 13.5 Å². The van der Waals surface area contributed by atoms with Crippen LogP contribution in [0, 0.1) is 0 Å². The molecule has 0 amide bonds. The predicted octanol–water partition coefficient (Wildman–Crippen LogP) is 1.63. The molecule has 9 heteroatoms. The van der Waals surface area contributed by atoms with E-state index in [1.165, 1.54) is 0 Å². The first kappa shape index (κ1) is 14.8. The average Bonchev–Trinajstić information content (AvgIpc) is 2.73. The fraction of sp³-hybridized carbons (Fsp3) is 0.889. The molecule has 0 saturated carbocycles. The van der Waals surface area contributed by atoms with Crippen molar-refractivity contribution < 1.29 is 17.6 Å². The van der Waals surface area contributed by atoms with E-state index in [1.807, 2.05) is 6.92 Å². The maximum atomic E-state index is 12.9. The van der Waals surface area contributed by atoms with Crippen LogP contribution >= 0.6 is 0 Å². The van der Waals surface area contributed by atoms with Crippen LogP contribution in [0.3, 0.4) is 0 Å². The molecule has 1 N–H and O–H groups in total. The number of alkyl halides is 4. The van der Waals surface area contributed by atoms with E-state index < -0.39 is 18.9 Å². The summed E-state index contributed by atoms with van der Waals surface area (Å²) in [5.74, 6) is -4.03. The first-order valence-corrected chi connectivity index (χ1v) is 5.54. The molecule has 0 aliphatic heterocycles. The summed E-state index contributed by atoms with van der Waals surface area (Å²) >= 11 is 0. The summed E-state index contributed by atoms with van der Waals surface area (Å²) in [5, 5.41) is 13.1. The molecule has 104 valence electrons. The molecule has 0 aromatic carbocycles. The number of hydrogen-bond donors (Lipinski definition) is 1. The van der Waals surface area contributed by atoms with Gasteiger partial charge in [0, 0.05) is 0 Å². The zero-order valence-corrected chi connectivity index (χ0v) is 10.1. The van der Waals surface area contributed by atoms with Crippen molar-refractivity contribution in [2.45, 2.75) is 45.2 Å². The van der Waals surface area contributed by atoms with Crippen LogP contribution in [0.25, 0.3) is 0 Å². The monoisotopic (exact) mass is 269 g/mol. The molecular weight excluding hydrogens is 254 g/mol. The topological polar surface area (TPSA) is 55.6 Å². The van der Waals surface area contributed by atoms with Crippen molar-refractivity contribution >= 4 is 0 Å². The average molecular weight is 269 g/mol. The molecule has 1 unspecified atom stereocenters. The number of hydrogen-bond acceptors (Lipinski definition) is 4. The first-order valence-electron chi connectivity index (χ1n) is 5.54. The summed E-state index contributed by atoms with van der Waals surface area (Å²) in [4.78, 5) is 0. The van der Waals surface area contributed by atoms with Gasteiger partial charge in [0.05, 0.1) is 6.04 Å². The zero-order chi connectivity index (χ0) is 13.8. The van der Waals surface area contributed by atoms with Gasteiger partial charge in [0.25, 0.3) is 0 Å². The molecule has 0 radical (unpaired) electrons. The van der Waals surface area contributed by atoms with E-state index in [9.17, 15) is 17.6 Å². The molecule has 1 aromatic rings. The third kappa shape index (κ3) is 3.62. The number of tetrazole rings is 1. The lowest BCUT2D eigenvalue weighted by Gasteiger charge is -2.17. The van der Waals surface area contributed by atoms with Crippen molar-refractivity contribution in [1.82, 2.24) is 25.5 Å². The highest BCUT2D eigenvalue weighted by Crippen LogP contribution is 2.25. The fourth-order valence-corrected chi connectivity index (χ4v) is 1.36. The predicted molar refractivity (Wildman–Crippen MR) is 55.5 cm³/mol. The summed E-state index contributed by atoms with van der Waals surface area (Å²) < 4.78 is 50.7. The van der Waals surface area contributed by atoms with E-state index in [0.717, 1.165) is 6.42 Å². The molecule has 1 aromatic heterocycles. The van der Waals surface area contributed by atoms with Gasteiger partial charge in [0.2, 0.25) is 0 Å². The quantitative estimate of drug-likeness (QED) is 0.764. The third-order valence-corrected chi connectivity index (χ3v) is 2.33. The van der Waals surface area contributed by atoms with Gasteiger partial charge in [-0.2, -0.15) is 8.78 Å². The van der Waals surface area contributed by atoms with E-state index >= 15 is 0 Å².